The van der Waals surface area contributed by atoms with Gasteiger partial charge < -0.3 is 18.5 Å². The number of rotatable bonds is 10. The van der Waals surface area contributed by atoms with Gasteiger partial charge in [-0.3, -0.25) is 9.78 Å². The van der Waals surface area contributed by atoms with E-state index in [-0.39, 0.29) is 10.7 Å². The molecular weight excluding hydrogens is 450 g/mol. The molecule has 8 heteroatoms. The molecule has 0 aliphatic heterocycles. The second-order valence-electron chi connectivity index (χ2n) is 8.57. The molecular formula is C26H31N3O4S. The molecule has 0 radical (unpaired) electrons. The monoisotopic (exact) mass is 481 g/mol. The minimum atomic E-state index is -0.364. The van der Waals surface area contributed by atoms with E-state index in [1.54, 1.807) is 24.2 Å². The number of aryl methyl sites for hydroxylation is 1. The fourth-order valence-corrected chi connectivity index (χ4v) is 5.20. The molecule has 3 aromatic heterocycles. The Morgan fingerprint density at radius 3 is 2.79 bits per heavy atom. The predicted octanol–water partition coefficient (Wildman–Crippen LogP) is 5.53. The molecule has 0 bridgehead atoms. The van der Waals surface area contributed by atoms with E-state index in [2.05, 4.69) is 4.98 Å². The lowest BCUT2D eigenvalue weighted by atomic mass is 9.84. The third kappa shape index (κ3) is 5.22. The van der Waals surface area contributed by atoms with Crippen molar-refractivity contribution < 1.29 is 18.4 Å². The highest BCUT2D eigenvalue weighted by atomic mass is 32.2. The van der Waals surface area contributed by atoms with E-state index in [9.17, 15) is 4.79 Å². The van der Waals surface area contributed by atoms with Crippen molar-refractivity contribution in [3.05, 3.63) is 59.6 Å². The van der Waals surface area contributed by atoms with Crippen LogP contribution in [-0.2, 0) is 16.0 Å². The molecule has 3 aromatic rings. The fourth-order valence-electron chi connectivity index (χ4n) is 3.93. The van der Waals surface area contributed by atoms with Crippen LogP contribution in [0.25, 0.3) is 17.5 Å². The summed E-state index contributed by atoms with van der Waals surface area (Å²) in [7, 11) is 3.96. The zero-order chi connectivity index (χ0) is 24.1. The van der Waals surface area contributed by atoms with E-state index >= 15 is 0 Å². The number of hydrogen-bond donors (Lipinski definition) is 0. The maximum atomic E-state index is 12.3. The molecule has 0 unspecified atom stereocenters. The van der Waals surface area contributed by atoms with Crippen molar-refractivity contribution in [3.8, 4) is 11.5 Å². The topological polar surface area (TPSA) is 81.6 Å². The van der Waals surface area contributed by atoms with Gasteiger partial charge in [0.15, 0.2) is 0 Å². The number of nitrogens with zero attached hydrogens (tertiary/aromatic N) is 3. The minimum absolute atomic E-state index is 0.0775. The van der Waals surface area contributed by atoms with Crippen molar-refractivity contribution in [2.75, 3.05) is 31.4 Å². The molecule has 4 rings (SSSR count). The number of oxazole rings is 1. The number of carbonyl (C=O) groups excluding carboxylic acids is 1. The maximum Gasteiger partial charge on any atom is 0.322 e. The van der Waals surface area contributed by atoms with Crippen LogP contribution >= 0.6 is 11.8 Å². The molecule has 0 aromatic carbocycles. The number of ether oxygens (including phenoxy) is 1. The van der Waals surface area contributed by atoms with E-state index in [1.165, 1.54) is 0 Å². The van der Waals surface area contributed by atoms with Gasteiger partial charge in [0.1, 0.15) is 22.0 Å². The Kier molecular flexibility index (Phi) is 7.46. The lowest BCUT2D eigenvalue weighted by molar-refractivity contribution is -0.148. The van der Waals surface area contributed by atoms with Crippen molar-refractivity contribution in [2.45, 2.75) is 44.3 Å². The smallest absolute Gasteiger partial charge is 0.322 e. The highest BCUT2D eigenvalue weighted by Gasteiger charge is 2.45. The second-order valence-corrected chi connectivity index (χ2v) is 9.98. The number of esters is 1. The van der Waals surface area contributed by atoms with Crippen LogP contribution in [0.4, 0.5) is 5.69 Å². The summed E-state index contributed by atoms with van der Waals surface area (Å²) in [6.45, 7) is 4.20. The van der Waals surface area contributed by atoms with Crippen LogP contribution < -0.4 is 4.90 Å². The van der Waals surface area contributed by atoms with E-state index in [0.717, 1.165) is 59.2 Å². The number of anilines is 1. The zero-order valence-electron chi connectivity index (χ0n) is 20.2. The standard InChI is InChI=1S/C26H31N3O4S/c1-5-31-25(30)26(12-7-13-26)34-15-6-8-19-9-10-20(33-19)16-22-18(2)32-24(28-22)21-17-27-14-11-23(21)29(3)4/h6,8-11,14,17H,5,7,12-13,15-16H2,1-4H3. The van der Waals surface area contributed by atoms with Gasteiger partial charge in [-0.05, 0) is 57.4 Å². The lowest BCUT2D eigenvalue weighted by Gasteiger charge is -2.38. The Bertz CT molecular complexity index is 1160. The average molecular weight is 482 g/mol. The molecule has 1 saturated carbocycles. The van der Waals surface area contributed by atoms with Gasteiger partial charge in [0, 0.05) is 32.2 Å². The summed E-state index contributed by atoms with van der Waals surface area (Å²) >= 11 is 1.66. The first-order valence-electron chi connectivity index (χ1n) is 11.6. The number of hydrogen-bond acceptors (Lipinski definition) is 8. The number of carbonyl (C=O) groups is 1. The molecule has 34 heavy (non-hydrogen) atoms. The summed E-state index contributed by atoms with van der Waals surface area (Å²) in [5, 5.41) is 0. The van der Waals surface area contributed by atoms with Crippen molar-refractivity contribution in [1.29, 1.82) is 0 Å². The van der Waals surface area contributed by atoms with Gasteiger partial charge in [0.25, 0.3) is 0 Å². The molecule has 1 aliphatic carbocycles. The predicted molar refractivity (Wildman–Crippen MR) is 135 cm³/mol. The number of furan rings is 1. The van der Waals surface area contributed by atoms with Crippen LogP contribution in [0.3, 0.4) is 0 Å². The second kappa shape index (κ2) is 10.5. The van der Waals surface area contributed by atoms with Crippen molar-refractivity contribution >= 4 is 29.5 Å². The Morgan fingerprint density at radius 2 is 2.09 bits per heavy atom. The molecule has 0 atom stereocenters. The molecule has 0 amide bonds. The normalized spacial score (nSPS) is 14.8. The molecule has 1 aliphatic rings. The Hall–Kier alpha value is -3.00. The summed E-state index contributed by atoms with van der Waals surface area (Å²) in [4.78, 5) is 23.2. The van der Waals surface area contributed by atoms with E-state index in [4.69, 9.17) is 18.6 Å². The molecule has 7 nitrogen and oxygen atoms in total. The maximum absolute atomic E-state index is 12.3. The SMILES string of the molecule is CCOC(=O)C1(SCC=Cc2ccc(Cc3nc(-c4cnccc4N(C)C)oc3C)o2)CCC1. The average Bonchev–Trinajstić information content (AvgIpc) is 3.39. The van der Waals surface area contributed by atoms with Crippen molar-refractivity contribution in [2.24, 2.45) is 0 Å². The fraction of sp³-hybridized carbons (Fsp3) is 0.423. The van der Waals surface area contributed by atoms with Gasteiger partial charge in [-0.15, -0.1) is 11.8 Å². The molecule has 0 saturated heterocycles. The quantitative estimate of drug-likeness (QED) is 0.350. The molecule has 3 heterocycles. The molecule has 0 N–H and O–H groups in total. The summed E-state index contributed by atoms with van der Waals surface area (Å²) in [5.41, 5.74) is 2.69. The molecule has 0 spiro atoms. The van der Waals surface area contributed by atoms with Gasteiger partial charge >= 0.3 is 5.97 Å². The van der Waals surface area contributed by atoms with Crippen LogP contribution in [0.1, 0.15) is 49.2 Å². The Balaban J connectivity index is 1.38. The third-order valence-electron chi connectivity index (χ3n) is 5.97. The van der Waals surface area contributed by atoms with E-state index in [0.29, 0.717) is 18.9 Å². The van der Waals surface area contributed by atoms with Crippen LogP contribution in [0.2, 0.25) is 0 Å². The van der Waals surface area contributed by atoms with Gasteiger partial charge in [0.2, 0.25) is 5.89 Å². The number of aromatic nitrogens is 2. The van der Waals surface area contributed by atoms with Gasteiger partial charge in [-0.1, -0.05) is 6.08 Å². The first-order chi connectivity index (χ1) is 16.4. The van der Waals surface area contributed by atoms with Gasteiger partial charge in [-0.2, -0.15) is 0 Å². The van der Waals surface area contributed by atoms with Crippen LogP contribution in [-0.4, -0.2) is 47.1 Å². The number of thioether (sulfide) groups is 1. The highest BCUT2D eigenvalue weighted by Crippen LogP contribution is 2.45. The van der Waals surface area contributed by atoms with Crippen molar-refractivity contribution in [1.82, 2.24) is 9.97 Å². The zero-order valence-corrected chi connectivity index (χ0v) is 21.0. The minimum Gasteiger partial charge on any atom is -0.465 e. The van der Waals surface area contributed by atoms with Crippen molar-refractivity contribution in [3.63, 3.8) is 0 Å². The van der Waals surface area contributed by atoms with Gasteiger partial charge in [-0.25, -0.2) is 4.98 Å². The van der Waals surface area contributed by atoms with E-state index in [1.807, 2.05) is 63.2 Å². The van der Waals surface area contributed by atoms with E-state index < -0.39 is 0 Å². The third-order valence-corrected chi connectivity index (χ3v) is 7.46. The Labute approximate surface area is 204 Å². The molecule has 1 fully saturated rings. The summed E-state index contributed by atoms with van der Waals surface area (Å²) in [6, 6.07) is 5.85. The number of pyridine rings is 1. The summed E-state index contributed by atoms with van der Waals surface area (Å²) in [6.07, 6.45) is 10.9. The highest BCUT2D eigenvalue weighted by molar-refractivity contribution is 8.01. The lowest BCUT2D eigenvalue weighted by Crippen LogP contribution is -2.43. The summed E-state index contributed by atoms with van der Waals surface area (Å²) < 4.78 is 16.8. The van der Waals surface area contributed by atoms with Crippen LogP contribution in [0.5, 0.6) is 0 Å². The molecule has 180 valence electrons. The van der Waals surface area contributed by atoms with Crippen LogP contribution in [0, 0.1) is 6.92 Å². The first-order valence-corrected chi connectivity index (χ1v) is 12.5. The summed E-state index contributed by atoms with van der Waals surface area (Å²) in [5.74, 6) is 3.57. The first kappa shape index (κ1) is 24.1. The van der Waals surface area contributed by atoms with Gasteiger partial charge in [0.05, 0.1) is 30.0 Å². The largest absolute Gasteiger partial charge is 0.465 e. The van der Waals surface area contributed by atoms with Crippen LogP contribution in [0.15, 0.2) is 45.5 Å². The Morgan fingerprint density at radius 1 is 1.26 bits per heavy atom.